The number of ketones is 1. The molecule has 9 nitrogen and oxygen atoms in total. The fourth-order valence-corrected chi connectivity index (χ4v) is 5.54. The van der Waals surface area contributed by atoms with Gasteiger partial charge in [-0.05, 0) is 60.4 Å². The summed E-state index contributed by atoms with van der Waals surface area (Å²) in [5, 5.41) is 3.00. The Morgan fingerprint density at radius 2 is 1.60 bits per heavy atom. The number of nitrogens with one attached hydrogen (secondary N) is 1. The van der Waals surface area contributed by atoms with E-state index in [2.05, 4.69) is 10.2 Å². The van der Waals surface area contributed by atoms with Crippen LogP contribution in [0.15, 0.2) is 72.8 Å². The minimum atomic E-state index is -0.834. The molecule has 218 valence electrons. The molecule has 0 aliphatic carbocycles. The molecule has 1 N–H and O–H groups in total. The summed E-state index contributed by atoms with van der Waals surface area (Å²) in [6.45, 7) is 8.56. The number of Topliss-reactive ketones (excluding diaryl/α,β-unsaturated/α-hetero) is 1. The predicted octanol–water partition coefficient (Wildman–Crippen LogP) is 4.05. The van der Waals surface area contributed by atoms with E-state index in [0.717, 1.165) is 29.9 Å². The Balaban J connectivity index is 1.40. The van der Waals surface area contributed by atoms with Crippen LogP contribution < -0.4 is 15.1 Å². The molecule has 0 bridgehead atoms. The fraction of sp³-hybridized carbons (Fsp3) is 0.333. The van der Waals surface area contributed by atoms with Crippen LogP contribution in [-0.2, 0) is 25.7 Å². The van der Waals surface area contributed by atoms with Crippen LogP contribution in [0.1, 0.15) is 35.3 Å². The normalized spacial score (nSPS) is 15.5. The maximum atomic E-state index is 14.0. The minimum absolute atomic E-state index is 0.176. The van der Waals surface area contributed by atoms with E-state index in [4.69, 9.17) is 4.74 Å². The zero-order chi connectivity index (χ0) is 29.8. The molecule has 2 aliphatic heterocycles. The number of anilines is 3. The minimum Gasteiger partial charge on any atom is -0.378 e. The first-order valence-electron chi connectivity index (χ1n) is 14.3. The highest BCUT2D eigenvalue weighted by Gasteiger charge is 2.39. The van der Waals surface area contributed by atoms with Crippen molar-refractivity contribution in [1.82, 2.24) is 4.90 Å². The molecule has 9 heteroatoms. The number of fused-ring (bicyclic) bond motifs is 1. The van der Waals surface area contributed by atoms with Crippen LogP contribution in [0, 0.1) is 12.8 Å². The van der Waals surface area contributed by atoms with Crippen LogP contribution in [0.25, 0.3) is 0 Å². The van der Waals surface area contributed by atoms with E-state index < -0.39 is 23.6 Å². The number of para-hydroxylation sites is 1. The van der Waals surface area contributed by atoms with Crippen molar-refractivity contribution in [1.29, 1.82) is 0 Å². The van der Waals surface area contributed by atoms with Gasteiger partial charge in [0.15, 0.2) is 0 Å². The summed E-state index contributed by atoms with van der Waals surface area (Å²) in [6.07, 6.45) is 0. The number of hydrogen-bond acceptors (Lipinski definition) is 6. The lowest BCUT2D eigenvalue weighted by molar-refractivity contribution is -0.140. The average molecular weight is 569 g/mol. The molecule has 2 aliphatic rings. The van der Waals surface area contributed by atoms with Crippen LogP contribution in [-0.4, -0.2) is 67.3 Å². The van der Waals surface area contributed by atoms with Gasteiger partial charge in [-0.25, -0.2) is 0 Å². The Morgan fingerprint density at radius 3 is 2.29 bits per heavy atom. The Kier molecular flexibility index (Phi) is 8.68. The molecule has 3 aromatic rings. The maximum Gasteiger partial charge on any atom is 0.299 e. The first kappa shape index (κ1) is 29.0. The number of nitrogens with zero attached hydrogens (tertiary/aromatic N) is 3. The van der Waals surface area contributed by atoms with Gasteiger partial charge in [-0.3, -0.25) is 24.1 Å². The summed E-state index contributed by atoms with van der Waals surface area (Å²) >= 11 is 0. The molecule has 42 heavy (non-hydrogen) atoms. The van der Waals surface area contributed by atoms with Crippen molar-refractivity contribution in [2.24, 2.45) is 5.92 Å². The second-order valence-corrected chi connectivity index (χ2v) is 11.0. The number of amides is 3. The molecule has 2 heterocycles. The van der Waals surface area contributed by atoms with Gasteiger partial charge in [-0.1, -0.05) is 50.2 Å². The standard InChI is InChI=1S/C33H36N4O5/c1-22(2)30(32(40)34-25-12-14-26(15-13-25)35-16-18-42-19-17-35)37(20-24-9-5-4-8-23(24)3)29(38)21-36-28-11-7-6-10-27(28)31(39)33(36)41/h4-15,22,30H,16-21H2,1-3H3,(H,34,40). The number of morpholine rings is 1. The molecule has 1 saturated heterocycles. The summed E-state index contributed by atoms with van der Waals surface area (Å²) in [6, 6.07) is 21.2. The highest BCUT2D eigenvalue weighted by atomic mass is 16.5. The van der Waals surface area contributed by atoms with Crippen molar-refractivity contribution in [3.05, 3.63) is 89.5 Å². The van der Waals surface area contributed by atoms with Gasteiger partial charge in [-0.15, -0.1) is 0 Å². The predicted molar refractivity (Wildman–Crippen MR) is 162 cm³/mol. The molecule has 5 rings (SSSR count). The van der Waals surface area contributed by atoms with E-state index in [1.54, 1.807) is 24.3 Å². The lowest BCUT2D eigenvalue weighted by Crippen LogP contribution is -2.53. The van der Waals surface area contributed by atoms with E-state index in [-0.39, 0.29) is 30.5 Å². The third kappa shape index (κ3) is 6.06. The van der Waals surface area contributed by atoms with Gasteiger partial charge in [0, 0.05) is 31.0 Å². The Labute approximate surface area is 246 Å². The molecule has 3 amide bonds. The van der Waals surface area contributed by atoms with Crippen LogP contribution in [0.4, 0.5) is 17.1 Å². The van der Waals surface area contributed by atoms with Crippen LogP contribution in [0.3, 0.4) is 0 Å². The Bertz CT molecular complexity index is 1480. The lowest BCUT2D eigenvalue weighted by Gasteiger charge is -2.35. The van der Waals surface area contributed by atoms with E-state index in [0.29, 0.717) is 24.6 Å². The van der Waals surface area contributed by atoms with Crippen LogP contribution in [0.2, 0.25) is 0 Å². The highest BCUT2D eigenvalue weighted by Crippen LogP contribution is 2.29. The second kappa shape index (κ2) is 12.6. The quantitative estimate of drug-likeness (QED) is 0.391. The number of carbonyl (C=O) groups is 4. The Morgan fingerprint density at radius 1 is 0.929 bits per heavy atom. The number of hydrogen-bond donors (Lipinski definition) is 1. The van der Waals surface area contributed by atoms with Crippen LogP contribution in [0.5, 0.6) is 0 Å². The van der Waals surface area contributed by atoms with Crippen LogP contribution >= 0.6 is 0 Å². The molecule has 0 spiro atoms. The van der Waals surface area contributed by atoms with E-state index in [9.17, 15) is 19.2 Å². The largest absolute Gasteiger partial charge is 0.378 e. The Hall–Kier alpha value is -4.50. The topological polar surface area (TPSA) is 99.3 Å². The molecule has 1 atom stereocenters. The third-order valence-corrected chi connectivity index (χ3v) is 7.84. The summed E-state index contributed by atoms with van der Waals surface area (Å²) in [5.41, 5.74) is 4.23. The molecular weight excluding hydrogens is 532 g/mol. The number of ether oxygens (including phenoxy) is 1. The number of rotatable bonds is 9. The summed E-state index contributed by atoms with van der Waals surface area (Å²) in [5.74, 6) is -2.37. The highest BCUT2D eigenvalue weighted by molar-refractivity contribution is 6.52. The van der Waals surface area contributed by atoms with E-state index in [1.807, 2.05) is 69.3 Å². The fourth-order valence-electron chi connectivity index (χ4n) is 5.54. The van der Waals surface area contributed by atoms with Gasteiger partial charge in [0.2, 0.25) is 11.8 Å². The maximum absolute atomic E-state index is 14.0. The second-order valence-electron chi connectivity index (χ2n) is 11.0. The number of benzene rings is 3. The van der Waals surface area contributed by atoms with Gasteiger partial charge in [0.25, 0.3) is 11.7 Å². The summed E-state index contributed by atoms with van der Waals surface area (Å²) in [7, 11) is 0. The van der Waals surface area contributed by atoms with Crippen molar-refractivity contribution in [3.8, 4) is 0 Å². The van der Waals surface area contributed by atoms with E-state index in [1.165, 1.54) is 9.80 Å². The number of carbonyl (C=O) groups excluding carboxylic acids is 4. The molecule has 1 unspecified atom stereocenters. The zero-order valence-corrected chi connectivity index (χ0v) is 24.2. The molecule has 3 aromatic carbocycles. The molecular formula is C33H36N4O5. The third-order valence-electron chi connectivity index (χ3n) is 7.84. The van der Waals surface area contributed by atoms with Crippen molar-refractivity contribution in [2.45, 2.75) is 33.4 Å². The van der Waals surface area contributed by atoms with Gasteiger partial charge >= 0.3 is 0 Å². The monoisotopic (exact) mass is 568 g/mol. The molecule has 0 saturated carbocycles. The van der Waals surface area contributed by atoms with Crippen molar-refractivity contribution in [3.63, 3.8) is 0 Å². The first-order chi connectivity index (χ1) is 20.2. The zero-order valence-electron chi connectivity index (χ0n) is 24.2. The summed E-state index contributed by atoms with van der Waals surface area (Å²) in [4.78, 5) is 58.3. The van der Waals surface area contributed by atoms with Gasteiger partial charge in [0.05, 0.1) is 24.5 Å². The van der Waals surface area contributed by atoms with Crippen molar-refractivity contribution < 1.29 is 23.9 Å². The average Bonchev–Trinajstić information content (AvgIpc) is 3.23. The molecule has 0 radical (unpaired) electrons. The van der Waals surface area contributed by atoms with Gasteiger partial charge < -0.3 is 19.9 Å². The summed E-state index contributed by atoms with van der Waals surface area (Å²) < 4.78 is 5.44. The van der Waals surface area contributed by atoms with Gasteiger partial charge in [-0.2, -0.15) is 0 Å². The molecule has 1 fully saturated rings. The smallest absolute Gasteiger partial charge is 0.299 e. The first-order valence-corrected chi connectivity index (χ1v) is 14.3. The molecule has 0 aromatic heterocycles. The number of aryl methyl sites for hydroxylation is 1. The van der Waals surface area contributed by atoms with Crippen molar-refractivity contribution in [2.75, 3.05) is 48.0 Å². The lowest BCUT2D eigenvalue weighted by atomic mass is 9.99. The van der Waals surface area contributed by atoms with Crippen molar-refractivity contribution >= 4 is 40.6 Å². The van der Waals surface area contributed by atoms with Gasteiger partial charge in [0.1, 0.15) is 12.6 Å². The SMILES string of the molecule is Cc1ccccc1CN(C(=O)CN1C(=O)C(=O)c2ccccc21)C(C(=O)Nc1ccc(N2CCOCC2)cc1)C(C)C. The van der Waals surface area contributed by atoms with E-state index >= 15 is 0 Å².